The van der Waals surface area contributed by atoms with Gasteiger partial charge < -0.3 is 53.4 Å². The zero-order chi connectivity index (χ0) is 27.9. The lowest BCUT2D eigenvalue weighted by molar-refractivity contribution is -0.277. The minimum atomic E-state index is -4.96. The zero-order valence-electron chi connectivity index (χ0n) is 19.3. The number of fused-ring (bicyclic) bond motifs is 1. The Bertz CT molecular complexity index is 1510. The van der Waals surface area contributed by atoms with E-state index >= 15 is 0 Å². The molecule has 2 aromatic carbocycles. The van der Waals surface area contributed by atoms with Gasteiger partial charge in [-0.2, -0.15) is 8.42 Å². The molecule has 1 aliphatic rings. The molecule has 1 saturated heterocycles. The molecule has 0 unspecified atom stereocenters. The third-order valence-electron chi connectivity index (χ3n) is 5.64. The predicted octanol–water partition coefficient (Wildman–Crippen LogP) is -0.760. The van der Waals surface area contributed by atoms with Crippen molar-refractivity contribution in [3.05, 3.63) is 40.6 Å². The lowest BCUT2D eigenvalue weighted by atomic mass is 9.99. The minimum Gasteiger partial charge on any atom is -0.507 e. The van der Waals surface area contributed by atoms with Gasteiger partial charge in [-0.05, 0) is 18.2 Å². The molecule has 1 aromatic heterocycles. The van der Waals surface area contributed by atoms with Crippen molar-refractivity contribution in [2.75, 3.05) is 13.7 Å². The van der Waals surface area contributed by atoms with Crippen LogP contribution in [-0.2, 0) is 15.1 Å². The molecular weight excluding hydrogens is 536 g/mol. The van der Waals surface area contributed by atoms with Crippen LogP contribution >= 0.6 is 0 Å². The van der Waals surface area contributed by atoms with Gasteiger partial charge in [0, 0.05) is 17.7 Å². The number of phenols is 2. The molecule has 206 valence electrons. The van der Waals surface area contributed by atoms with Gasteiger partial charge in [0.15, 0.2) is 28.3 Å². The van der Waals surface area contributed by atoms with E-state index in [1.165, 1.54) is 19.2 Å². The quantitative estimate of drug-likeness (QED) is 0.176. The number of aliphatic hydroxyl groups excluding tert-OH is 4. The third-order valence-corrected chi connectivity index (χ3v) is 6.03. The highest BCUT2D eigenvalue weighted by Gasteiger charge is 2.45. The highest BCUT2D eigenvalue weighted by Crippen LogP contribution is 2.42. The molecule has 0 bridgehead atoms. The molecule has 16 heteroatoms. The summed E-state index contributed by atoms with van der Waals surface area (Å²) in [6.07, 6.45) is -8.54. The second kappa shape index (κ2) is 10.3. The Hall–Kier alpha value is -3.64. The van der Waals surface area contributed by atoms with Gasteiger partial charge in [-0.3, -0.25) is 9.35 Å². The summed E-state index contributed by atoms with van der Waals surface area (Å²) in [7, 11) is -3.75. The van der Waals surface area contributed by atoms with Gasteiger partial charge in [-0.25, -0.2) is 0 Å². The maximum absolute atomic E-state index is 12.9. The summed E-state index contributed by atoms with van der Waals surface area (Å²) in [5, 5.41) is 60.0. The van der Waals surface area contributed by atoms with Crippen molar-refractivity contribution in [3.63, 3.8) is 0 Å². The molecule has 1 aliphatic heterocycles. The fourth-order valence-electron chi connectivity index (χ4n) is 3.83. The lowest BCUT2D eigenvalue weighted by Gasteiger charge is -2.39. The van der Waals surface area contributed by atoms with Gasteiger partial charge in [0.1, 0.15) is 41.3 Å². The Kier molecular flexibility index (Phi) is 7.39. The number of methoxy groups -OCH3 is 1. The molecule has 0 radical (unpaired) electrons. The van der Waals surface area contributed by atoms with Gasteiger partial charge in [-0.15, -0.1) is 0 Å². The molecule has 7 N–H and O–H groups in total. The van der Waals surface area contributed by atoms with E-state index in [1.807, 2.05) is 0 Å². The number of benzene rings is 2. The summed E-state index contributed by atoms with van der Waals surface area (Å²) in [5.74, 6) is -2.93. The van der Waals surface area contributed by atoms with Crippen molar-refractivity contribution in [1.82, 2.24) is 0 Å². The van der Waals surface area contributed by atoms with Crippen LogP contribution in [0.2, 0.25) is 0 Å². The van der Waals surface area contributed by atoms with Crippen LogP contribution in [0.25, 0.3) is 22.3 Å². The van der Waals surface area contributed by atoms with E-state index < -0.39 is 87.1 Å². The molecule has 2 heterocycles. The number of aromatic hydroxyl groups is 2. The summed E-state index contributed by atoms with van der Waals surface area (Å²) in [6.45, 7) is -0.766. The third kappa shape index (κ3) is 5.18. The molecule has 1 fully saturated rings. The largest absolute Gasteiger partial charge is 0.507 e. The number of rotatable bonds is 7. The summed E-state index contributed by atoms with van der Waals surface area (Å²) >= 11 is 0. The Balaban J connectivity index is 1.85. The number of ether oxygens (including phenoxy) is 3. The number of hydrogen-bond donors (Lipinski definition) is 7. The first kappa shape index (κ1) is 27.4. The average molecular weight is 558 g/mol. The molecule has 0 aliphatic carbocycles. The van der Waals surface area contributed by atoms with Gasteiger partial charge in [0.25, 0.3) is 0 Å². The maximum atomic E-state index is 12.9. The molecule has 15 nitrogen and oxygen atoms in total. The highest BCUT2D eigenvalue weighted by atomic mass is 32.3. The monoisotopic (exact) mass is 558 g/mol. The normalized spacial score (nSPS) is 23.8. The fourth-order valence-corrected chi connectivity index (χ4v) is 4.18. The minimum absolute atomic E-state index is 0.0186. The van der Waals surface area contributed by atoms with Crippen molar-refractivity contribution in [2.45, 2.75) is 30.7 Å². The van der Waals surface area contributed by atoms with E-state index in [2.05, 4.69) is 4.18 Å². The molecule has 0 amide bonds. The standard InChI is InChI=1S/C22H22O15S/c1-33-12-3-2-8(4-14(12)37-38(30,31)32)13-6-10(25)16-9(24)5-11(26)20(21(16)34-13)36-22-19(29)18(28)17(27)15(7-23)35-22/h2-6,15,17-19,22-24,26-29H,7H2,1H3,(H,30,31,32)/t15-,17+,18-,19+,22-/m0/s1. The highest BCUT2D eigenvalue weighted by molar-refractivity contribution is 7.81. The first-order valence-electron chi connectivity index (χ1n) is 10.7. The molecule has 0 spiro atoms. The number of aliphatic hydroxyl groups is 4. The Morgan fingerprint density at radius 2 is 1.68 bits per heavy atom. The van der Waals surface area contributed by atoms with E-state index in [9.17, 15) is 43.9 Å². The van der Waals surface area contributed by atoms with Crippen molar-refractivity contribution in [3.8, 4) is 40.1 Å². The van der Waals surface area contributed by atoms with Crippen LogP contribution in [0.4, 0.5) is 0 Å². The van der Waals surface area contributed by atoms with Crippen LogP contribution in [0.1, 0.15) is 0 Å². The molecular formula is C22H22O15S. The lowest BCUT2D eigenvalue weighted by Crippen LogP contribution is -2.60. The van der Waals surface area contributed by atoms with Crippen molar-refractivity contribution in [2.24, 2.45) is 0 Å². The van der Waals surface area contributed by atoms with Crippen LogP contribution < -0.4 is 19.1 Å². The van der Waals surface area contributed by atoms with Crippen molar-refractivity contribution in [1.29, 1.82) is 0 Å². The van der Waals surface area contributed by atoms with Crippen LogP contribution in [0.15, 0.2) is 39.5 Å². The fraction of sp³-hybridized carbons (Fsp3) is 0.318. The molecule has 38 heavy (non-hydrogen) atoms. The van der Waals surface area contributed by atoms with Crippen LogP contribution in [0.3, 0.4) is 0 Å². The first-order chi connectivity index (χ1) is 17.8. The second-order valence-corrected chi connectivity index (χ2v) is 9.14. The Labute approximate surface area is 213 Å². The van der Waals surface area contributed by atoms with Gasteiger partial charge in [-0.1, -0.05) is 0 Å². The Morgan fingerprint density at radius 1 is 0.974 bits per heavy atom. The van der Waals surface area contributed by atoms with Gasteiger partial charge in [0.2, 0.25) is 12.0 Å². The van der Waals surface area contributed by atoms with Gasteiger partial charge in [0.05, 0.1) is 13.7 Å². The molecule has 0 saturated carbocycles. The van der Waals surface area contributed by atoms with E-state index in [4.69, 9.17) is 23.2 Å². The van der Waals surface area contributed by atoms with Crippen molar-refractivity contribution < 1.29 is 66.4 Å². The summed E-state index contributed by atoms with van der Waals surface area (Å²) in [6, 6.07) is 5.31. The molecule has 3 aromatic rings. The van der Waals surface area contributed by atoms with Crippen LogP contribution in [0, 0.1) is 0 Å². The SMILES string of the molecule is COc1ccc(-c2cc(=O)c3c(O)cc(O)c(O[C@@H]4O[C@@H](CO)[C@@H](O)[C@H](O)[C@H]4O)c3o2)cc1OS(=O)(=O)O. The first-order valence-corrected chi connectivity index (χ1v) is 12.1. The van der Waals surface area contributed by atoms with Crippen molar-refractivity contribution >= 4 is 21.4 Å². The summed E-state index contributed by atoms with van der Waals surface area (Å²) < 4.78 is 57.4. The van der Waals surface area contributed by atoms with E-state index in [1.54, 1.807) is 0 Å². The van der Waals surface area contributed by atoms with Gasteiger partial charge >= 0.3 is 10.4 Å². The van der Waals surface area contributed by atoms with E-state index in [-0.39, 0.29) is 17.1 Å². The maximum Gasteiger partial charge on any atom is 0.446 e. The van der Waals surface area contributed by atoms with Crippen LogP contribution in [-0.4, -0.2) is 88.0 Å². The number of hydrogen-bond acceptors (Lipinski definition) is 14. The predicted molar refractivity (Wildman–Crippen MR) is 124 cm³/mol. The second-order valence-electron chi connectivity index (χ2n) is 8.11. The zero-order valence-corrected chi connectivity index (χ0v) is 20.1. The van der Waals surface area contributed by atoms with Crippen LogP contribution in [0.5, 0.6) is 28.7 Å². The molecule has 4 rings (SSSR count). The average Bonchev–Trinajstić information content (AvgIpc) is 2.84. The topological polar surface area (TPSA) is 243 Å². The summed E-state index contributed by atoms with van der Waals surface area (Å²) in [5.41, 5.74) is -1.37. The molecule has 5 atom stereocenters. The number of phenolic OH excluding ortho intramolecular Hbond substituents is 2. The Morgan fingerprint density at radius 3 is 2.32 bits per heavy atom. The smallest absolute Gasteiger partial charge is 0.446 e. The van der Waals surface area contributed by atoms with E-state index in [0.29, 0.717) is 0 Å². The summed E-state index contributed by atoms with van der Waals surface area (Å²) in [4.78, 5) is 12.9. The van der Waals surface area contributed by atoms with E-state index in [0.717, 1.165) is 18.2 Å².